The van der Waals surface area contributed by atoms with Gasteiger partial charge in [0.05, 0.1) is 12.8 Å². The highest BCUT2D eigenvalue weighted by Gasteiger charge is 2.51. The third-order valence-corrected chi connectivity index (χ3v) is 10.2. The number of nitrogens with one attached hydrogen (secondary N) is 2. The number of aryl methyl sites for hydroxylation is 1. The normalized spacial score (nSPS) is 26.7. The van der Waals surface area contributed by atoms with Crippen LogP contribution in [0.1, 0.15) is 61.0 Å². The summed E-state index contributed by atoms with van der Waals surface area (Å²) >= 11 is 0. The molecule has 0 radical (unpaired) electrons. The summed E-state index contributed by atoms with van der Waals surface area (Å²) in [4.78, 5) is 39.5. The molecule has 2 heterocycles. The molecule has 0 unspecified atom stereocenters. The molecule has 8 nitrogen and oxygen atoms in total. The number of imide groups is 1. The molecule has 8 heteroatoms. The van der Waals surface area contributed by atoms with Gasteiger partial charge < -0.3 is 19.9 Å². The van der Waals surface area contributed by atoms with E-state index in [1.807, 2.05) is 19.9 Å². The minimum atomic E-state index is -0.625. The number of aromatic nitrogens is 1. The summed E-state index contributed by atoms with van der Waals surface area (Å²) in [5.74, 6) is 2.19. The van der Waals surface area contributed by atoms with Gasteiger partial charge in [-0.25, -0.2) is 9.69 Å². The summed E-state index contributed by atoms with van der Waals surface area (Å²) in [5.41, 5.74) is 6.41. The predicted octanol–water partition coefficient (Wildman–Crippen LogP) is 6.10. The van der Waals surface area contributed by atoms with Crippen molar-refractivity contribution in [1.29, 1.82) is 0 Å². The minimum absolute atomic E-state index is 0.146. The fourth-order valence-electron chi connectivity index (χ4n) is 8.71. The largest absolute Gasteiger partial charge is 0.495 e. The number of urea groups is 1. The Balaban J connectivity index is 1.08. The Morgan fingerprint density at radius 3 is 2.30 bits per heavy atom. The first-order valence-corrected chi connectivity index (χ1v) is 15.3. The molecular formula is C35H38N4O4. The van der Waals surface area contributed by atoms with Crippen molar-refractivity contribution in [3.8, 4) is 11.4 Å². The van der Waals surface area contributed by atoms with Gasteiger partial charge in [-0.1, -0.05) is 24.3 Å². The number of nitrogens with zero attached hydrogens (tertiary/aromatic N) is 2. The summed E-state index contributed by atoms with van der Waals surface area (Å²) in [6, 6.07) is 17.5. The molecule has 2 aromatic carbocycles. The van der Waals surface area contributed by atoms with Gasteiger partial charge in [0.25, 0.3) is 5.91 Å². The number of methoxy groups -OCH3 is 1. The maximum absolute atomic E-state index is 13.2. The smallest absolute Gasteiger partial charge is 0.329 e. The highest BCUT2D eigenvalue weighted by atomic mass is 16.5. The Kier molecular flexibility index (Phi) is 6.67. The van der Waals surface area contributed by atoms with Crippen LogP contribution in [0.5, 0.6) is 5.75 Å². The second-order valence-corrected chi connectivity index (χ2v) is 13.0. The van der Waals surface area contributed by atoms with Crippen molar-refractivity contribution in [1.82, 2.24) is 14.8 Å². The summed E-state index contributed by atoms with van der Waals surface area (Å²) in [5, 5.41) is 5.36. The molecular weight excluding hydrogens is 540 g/mol. The van der Waals surface area contributed by atoms with E-state index in [1.54, 1.807) is 30.3 Å². The van der Waals surface area contributed by atoms with E-state index < -0.39 is 24.4 Å². The predicted molar refractivity (Wildman–Crippen MR) is 165 cm³/mol. The highest BCUT2D eigenvalue weighted by molar-refractivity contribution is 6.16. The SMILES string of the molecule is COc1ccccc1NC(=O)CN1C(=O)N/C(=C/c2cc(C)n(-c3ccc(C45CC6CC(CC(C6)C4)C5)cc3)c2C)C1=O. The molecule has 4 bridgehead atoms. The molecule has 1 saturated heterocycles. The first-order valence-electron chi connectivity index (χ1n) is 15.3. The summed E-state index contributed by atoms with van der Waals surface area (Å²) in [6.07, 6.45) is 10.0. The molecule has 2 N–H and O–H groups in total. The lowest BCUT2D eigenvalue weighted by atomic mass is 9.48. The number of benzene rings is 2. The topological polar surface area (TPSA) is 92.7 Å². The van der Waals surface area contributed by atoms with Crippen LogP contribution in [0.2, 0.25) is 0 Å². The minimum Gasteiger partial charge on any atom is -0.495 e. The van der Waals surface area contributed by atoms with Crippen LogP contribution < -0.4 is 15.4 Å². The van der Waals surface area contributed by atoms with Crippen LogP contribution in [-0.2, 0) is 15.0 Å². The number of rotatable bonds is 7. The lowest BCUT2D eigenvalue weighted by molar-refractivity contribution is -0.127. The van der Waals surface area contributed by atoms with Crippen LogP contribution in [0.25, 0.3) is 11.8 Å². The number of anilines is 1. The number of carbonyl (C=O) groups excluding carboxylic acids is 3. The monoisotopic (exact) mass is 578 g/mol. The zero-order valence-corrected chi connectivity index (χ0v) is 25.0. The summed E-state index contributed by atoms with van der Waals surface area (Å²) < 4.78 is 7.46. The fourth-order valence-corrected chi connectivity index (χ4v) is 8.71. The van der Waals surface area contributed by atoms with E-state index in [0.717, 1.165) is 45.3 Å². The molecule has 8 rings (SSSR count). The van der Waals surface area contributed by atoms with Crippen LogP contribution in [0, 0.1) is 31.6 Å². The molecule has 43 heavy (non-hydrogen) atoms. The van der Waals surface area contributed by atoms with Crippen LogP contribution in [0.3, 0.4) is 0 Å². The van der Waals surface area contributed by atoms with Crippen LogP contribution >= 0.6 is 0 Å². The first kappa shape index (κ1) is 27.5. The van der Waals surface area contributed by atoms with Crippen LogP contribution in [-0.4, -0.2) is 41.0 Å². The average Bonchev–Trinajstić information content (AvgIpc) is 3.40. The molecule has 1 aromatic heterocycles. The zero-order chi connectivity index (χ0) is 29.9. The van der Waals surface area contributed by atoms with Crippen molar-refractivity contribution >= 4 is 29.6 Å². The zero-order valence-electron chi connectivity index (χ0n) is 25.0. The van der Waals surface area contributed by atoms with E-state index in [1.165, 1.54) is 51.2 Å². The van der Waals surface area contributed by atoms with Gasteiger partial charge in [0.2, 0.25) is 5.91 Å². The third kappa shape index (κ3) is 4.82. The van der Waals surface area contributed by atoms with Gasteiger partial charge in [-0.15, -0.1) is 0 Å². The quantitative estimate of drug-likeness (QED) is 0.262. The molecule has 0 spiro atoms. The molecule has 4 aliphatic carbocycles. The molecule has 3 aromatic rings. The first-order chi connectivity index (χ1) is 20.7. The van der Waals surface area contributed by atoms with E-state index in [0.29, 0.717) is 16.9 Å². The number of amides is 4. The number of carbonyl (C=O) groups is 3. The number of ether oxygens (including phenoxy) is 1. The number of hydrogen-bond acceptors (Lipinski definition) is 4. The van der Waals surface area contributed by atoms with E-state index in [-0.39, 0.29) is 5.70 Å². The highest BCUT2D eigenvalue weighted by Crippen LogP contribution is 2.60. The van der Waals surface area contributed by atoms with E-state index in [9.17, 15) is 14.4 Å². The number of hydrogen-bond donors (Lipinski definition) is 2. The molecule has 1 aliphatic heterocycles. The van der Waals surface area contributed by atoms with Crippen molar-refractivity contribution in [3.05, 3.63) is 82.8 Å². The fraction of sp³-hybridized carbons (Fsp3) is 0.400. The van der Waals surface area contributed by atoms with Gasteiger partial charge in [0.1, 0.15) is 18.0 Å². The molecule has 4 amide bonds. The number of para-hydroxylation sites is 2. The molecule has 222 valence electrons. The second-order valence-electron chi connectivity index (χ2n) is 13.0. The van der Waals surface area contributed by atoms with Gasteiger partial charge >= 0.3 is 6.03 Å². The summed E-state index contributed by atoms with van der Waals surface area (Å²) in [6.45, 7) is 3.66. The Hall–Kier alpha value is -4.33. The van der Waals surface area contributed by atoms with Crippen LogP contribution in [0.4, 0.5) is 10.5 Å². The maximum atomic E-state index is 13.2. The van der Waals surface area contributed by atoms with E-state index >= 15 is 0 Å². The van der Waals surface area contributed by atoms with Crippen molar-refractivity contribution in [2.24, 2.45) is 17.8 Å². The van der Waals surface area contributed by atoms with Gasteiger partial charge in [-0.05, 0) is 123 Å². The van der Waals surface area contributed by atoms with Crippen molar-refractivity contribution in [3.63, 3.8) is 0 Å². The average molecular weight is 579 g/mol. The van der Waals surface area contributed by atoms with Crippen molar-refractivity contribution in [2.75, 3.05) is 19.0 Å². The Morgan fingerprint density at radius 1 is 1.00 bits per heavy atom. The lowest BCUT2D eigenvalue weighted by Crippen LogP contribution is -2.48. The third-order valence-electron chi connectivity index (χ3n) is 10.2. The van der Waals surface area contributed by atoms with Crippen molar-refractivity contribution < 1.29 is 19.1 Å². The van der Waals surface area contributed by atoms with Crippen LogP contribution in [0.15, 0.2) is 60.3 Å². The molecule has 0 atom stereocenters. The standard InChI is InChI=1S/C35H38N4O4/c1-21-12-26(16-30-33(41)38(34(42)37-30)20-32(40)36-29-6-4-5-7-31(29)43-3)22(2)39(21)28-10-8-27(9-11-28)35-17-23-13-24(18-35)15-25(14-23)19-35/h4-12,16,23-25H,13-15,17-20H2,1-3H3,(H,36,40)(H,37,42)/b30-16+. The Labute approximate surface area is 252 Å². The van der Waals surface area contributed by atoms with E-state index in [2.05, 4.69) is 39.5 Å². The maximum Gasteiger partial charge on any atom is 0.329 e. The van der Waals surface area contributed by atoms with Gasteiger partial charge in [0.15, 0.2) is 0 Å². The Morgan fingerprint density at radius 2 is 1.65 bits per heavy atom. The summed E-state index contributed by atoms with van der Waals surface area (Å²) in [7, 11) is 1.51. The van der Waals surface area contributed by atoms with Crippen molar-refractivity contribution in [2.45, 2.75) is 57.8 Å². The molecule has 5 aliphatic rings. The molecule has 4 saturated carbocycles. The molecule has 5 fully saturated rings. The second kappa shape index (κ2) is 10.4. The van der Waals surface area contributed by atoms with Gasteiger partial charge in [0, 0.05) is 17.1 Å². The van der Waals surface area contributed by atoms with Gasteiger partial charge in [-0.3, -0.25) is 9.59 Å². The van der Waals surface area contributed by atoms with E-state index in [4.69, 9.17) is 4.74 Å². The van der Waals surface area contributed by atoms with Gasteiger partial charge in [-0.2, -0.15) is 0 Å². The lowest BCUT2D eigenvalue weighted by Gasteiger charge is -2.57. The Bertz CT molecular complexity index is 1620.